The molecule has 8 nitrogen and oxygen atoms in total. The number of aliphatic hydroxyl groups is 1. The lowest BCUT2D eigenvalue weighted by Crippen LogP contribution is -2.35. The van der Waals surface area contributed by atoms with Crippen molar-refractivity contribution in [2.45, 2.75) is 26.8 Å². The molecule has 0 aliphatic carbocycles. The Morgan fingerprint density at radius 2 is 2.04 bits per heavy atom. The summed E-state index contributed by atoms with van der Waals surface area (Å²) >= 11 is 1.65. The summed E-state index contributed by atoms with van der Waals surface area (Å²) in [6, 6.07) is 0. The molecule has 0 fully saturated rings. The normalized spacial score (nSPS) is 9.52. The topological polar surface area (TPSA) is 139 Å². The molecule has 10 heteroatoms. The number of nitrogens with two attached hydrogens (primary N) is 2. The lowest BCUT2D eigenvalue weighted by Gasteiger charge is -2.01. The summed E-state index contributed by atoms with van der Waals surface area (Å²) in [5.41, 5.74) is 14.0. The van der Waals surface area contributed by atoms with Gasteiger partial charge in [0.2, 0.25) is 5.51 Å². The Labute approximate surface area is 144 Å². The van der Waals surface area contributed by atoms with Crippen molar-refractivity contribution < 1.29 is 19.6 Å². The van der Waals surface area contributed by atoms with Gasteiger partial charge in [0.1, 0.15) is 11.6 Å². The van der Waals surface area contributed by atoms with E-state index in [-0.39, 0.29) is 19.0 Å². The molecule has 0 bridgehead atoms. The van der Waals surface area contributed by atoms with Crippen LogP contribution in [0.25, 0.3) is 0 Å². The van der Waals surface area contributed by atoms with E-state index >= 15 is 0 Å². The van der Waals surface area contributed by atoms with Crippen LogP contribution in [0, 0.1) is 13.8 Å². The molecule has 2 aromatic heterocycles. The van der Waals surface area contributed by atoms with E-state index < -0.39 is 6.09 Å². The molecule has 6 N–H and O–H groups in total. The molecule has 0 aromatic carbocycles. The Bertz CT molecular complexity index is 647. The third-order valence-corrected chi connectivity index (χ3v) is 4.00. The number of aryl methyl sites for hydroxylation is 1. The van der Waals surface area contributed by atoms with Gasteiger partial charge in [-0.3, -0.25) is 0 Å². The third kappa shape index (κ3) is 6.76. The second kappa shape index (κ2) is 9.93. The molecule has 0 saturated heterocycles. The zero-order valence-corrected chi connectivity index (χ0v) is 14.5. The maximum absolute atomic E-state index is 8.98. The number of primary amides is 1. The first-order chi connectivity index (χ1) is 10.3. The second-order valence-electron chi connectivity index (χ2n) is 4.50. The number of nitrogen functional groups attached to an aromatic ring is 1. The number of carboxylic acid groups (broad SMARTS) is 1. The molecule has 2 rings (SSSR count). The lowest BCUT2D eigenvalue weighted by atomic mass is 10.2. The molecule has 2 heterocycles. The summed E-state index contributed by atoms with van der Waals surface area (Å²) in [5, 5.41) is 16.2. The number of thiazole rings is 1. The zero-order valence-electron chi connectivity index (χ0n) is 12.9. The van der Waals surface area contributed by atoms with E-state index in [1.54, 1.807) is 17.5 Å². The van der Waals surface area contributed by atoms with Crippen LogP contribution in [0.2, 0.25) is 0 Å². The van der Waals surface area contributed by atoms with Crippen molar-refractivity contribution in [2.75, 3.05) is 12.3 Å². The zero-order chi connectivity index (χ0) is 16.7. The Morgan fingerprint density at radius 3 is 2.57 bits per heavy atom. The average Bonchev–Trinajstić information content (AvgIpc) is 2.75. The van der Waals surface area contributed by atoms with Crippen LogP contribution >= 0.6 is 23.7 Å². The standard InChI is InChI=1S/C12H17N4OS.CH3NO2.ClH/c1-8-11(3-4-17)18-7-16(8)6-10-5-14-9(2)15-12(10)13;2-1(3)4;/h5,7,17H,3-4,6H2,1-2H3,(H2,13,14,15);2H2,(H,3,4);1H/q+1;;. The quantitative estimate of drug-likeness (QED) is 0.589. The molecule has 128 valence electrons. The van der Waals surface area contributed by atoms with Crippen molar-refractivity contribution in [3.05, 3.63) is 33.7 Å². The molecule has 0 saturated carbocycles. The van der Waals surface area contributed by atoms with Crippen LogP contribution in [0.4, 0.5) is 10.6 Å². The highest BCUT2D eigenvalue weighted by Crippen LogP contribution is 2.13. The van der Waals surface area contributed by atoms with E-state index in [1.165, 1.54) is 4.88 Å². The Balaban J connectivity index is 0.000000871. The van der Waals surface area contributed by atoms with Crippen LogP contribution < -0.4 is 16.0 Å². The van der Waals surface area contributed by atoms with Crippen molar-refractivity contribution in [2.24, 2.45) is 5.73 Å². The summed E-state index contributed by atoms with van der Waals surface area (Å²) < 4.78 is 2.11. The van der Waals surface area contributed by atoms with Crippen molar-refractivity contribution >= 4 is 35.7 Å². The lowest BCUT2D eigenvalue weighted by molar-refractivity contribution is -0.689. The first-order valence-electron chi connectivity index (χ1n) is 6.48. The highest BCUT2D eigenvalue weighted by molar-refractivity contribution is 7.09. The molecule has 0 atom stereocenters. The molecule has 0 unspecified atom stereocenters. The molecule has 0 spiro atoms. The molecule has 1 amide bonds. The van der Waals surface area contributed by atoms with Crippen LogP contribution in [0.5, 0.6) is 0 Å². The Kier molecular flexibility index (Phi) is 9.08. The molecular formula is C13H21ClN5O3S+. The van der Waals surface area contributed by atoms with Gasteiger partial charge in [0.05, 0.1) is 10.4 Å². The summed E-state index contributed by atoms with van der Waals surface area (Å²) in [5.74, 6) is 1.22. The van der Waals surface area contributed by atoms with Gasteiger partial charge in [-0.15, -0.1) is 12.4 Å². The number of hydrogen-bond acceptors (Lipinski definition) is 6. The van der Waals surface area contributed by atoms with Gasteiger partial charge in [0, 0.05) is 26.1 Å². The van der Waals surface area contributed by atoms with Gasteiger partial charge >= 0.3 is 6.09 Å². The Morgan fingerprint density at radius 1 is 1.43 bits per heavy atom. The highest BCUT2D eigenvalue weighted by Gasteiger charge is 2.16. The number of anilines is 1. The number of halogens is 1. The van der Waals surface area contributed by atoms with Gasteiger partial charge in [-0.2, -0.15) is 4.57 Å². The van der Waals surface area contributed by atoms with Gasteiger partial charge in [-0.05, 0) is 6.92 Å². The largest absolute Gasteiger partial charge is 0.465 e. The van der Waals surface area contributed by atoms with E-state index in [2.05, 4.69) is 20.3 Å². The number of rotatable bonds is 4. The van der Waals surface area contributed by atoms with Crippen LogP contribution in [0.1, 0.15) is 22.0 Å². The summed E-state index contributed by atoms with van der Waals surface area (Å²) in [7, 11) is 0. The monoisotopic (exact) mass is 362 g/mol. The number of hydrogen-bond donors (Lipinski definition) is 4. The fraction of sp³-hybridized carbons (Fsp3) is 0.385. The number of aliphatic hydroxyl groups excluding tert-OH is 1. The predicted octanol–water partition coefficient (Wildman–Crippen LogP) is 0.653. The maximum Gasteiger partial charge on any atom is 0.402 e. The van der Waals surface area contributed by atoms with Crippen molar-refractivity contribution in [1.29, 1.82) is 0 Å². The highest BCUT2D eigenvalue weighted by atomic mass is 35.5. The fourth-order valence-electron chi connectivity index (χ4n) is 1.77. The number of carbonyl (C=O) groups is 1. The van der Waals surface area contributed by atoms with E-state index in [4.69, 9.17) is 20.7 Å². The number of amides is 1. The van der Waals surface area contributed by atoms with Gasteiger partial charge in [0.15, 0.2) is 12.2 Å². The van der Waals surface area contributed by atoms with Crippen molar-refractivity contribution in [3.8, 4) is 0 Å². The Hall–Kier alpha value is -1.97. The SMILES string of the molecule is Cc1ncc(C[n+]2csc(CCO)c2C)c(N)n1.Cl.NC(=O)O. The van der Waals surface area contributed by atoms with Crippen LogP contribution in [0.15, 0.2) is 11.7 Å². The average molecular weight is 363 g/mol. The minimum Gasteiger partial charge on any atom is -0.465 e. The first-order valence-corrected chi connectivity index (χ1v) is 7.36. The van der Waals surface area contributed by atoms with Gasteiger partial charge in [-0.25, -0.2) is 14.8 Å². The first kappa shape index (κ1) is 21.0. The summed E-state index contributed by atoms with van der Waals surface area (Å²) in [6.45, 7) is 4.71. The van der Waals surface area contributed by atoms with E-state index in [1.807, 2.05) is 19.4 Å². The van der Waals surface area contributed by atoms with Crippen molar-refractivity contribution in [1.82, 2.24) is 9.97 Å². The summed E-state index contributed by atoms with van der Waals surface area (Å²) in [6.07, 6.45) is 1.14. The van der Waals surface area contributed by atoms with Gasteiger partial charge in [0.25, 0.3) is 0 Å². The van der Waals surface area contributed by atoms with Crippen molar-refractivity contribution in [3.63, 3.8) is 0 Å². The molecular weight excluding hydrogens is 342 g/mol. The third-order valence-electron chi connectivity index (χ3n) is 2.85. The van der Waals surface area contributed by atoms with Crippen LogP contribution in [-0.4, -0.2) is 32.9 Å². The maximum atomic E-state index is 8.98. The minimum atomic E-state index is -1.33. The molecule has 0 aliphatic heterocycles. The van der Waals surface area contributed by atoms with Gasteiger partial charge < -0.3 is 21.7 Å². The molecule has 23 heavy (non-hydrogen) atoms. The van der Waals surface area contributed by atoms with E-state index in [0.29, 0.717) is 24.6 Å². The fourth-order valence-corrected chi connectivity index (χ4v) is 2.75. The molecule has 0 aliphatic rings. The predicted molar refractivity (Wildman–Crippen MR) is 89.8 cm³/mol. The molecule has 0 radical (unpaired) electrons. The molecule has 2 aromatic rings. The van der Waals surface area contributed by atoms with Crippen LogP contribution in [0.3, 0.4) is 0 Å². The smallest absolute Gasteiger partial charge is 0.402 e. The minimum absolute atomic E-state index is 0. The van der Waals surface area contributed by atoms with E-state index in [0.717, 1.165) is 11.3 Å². The van der Waals surface area contributed by atoms with Gasteiger partial charge in [-0.1, -0.05) is 11.3 Å². The number of aromatic nitrogens is 3. The summed E-state index contributed by atoms with van der Waals surface area (Å²) in [4.78, 5) is 18.3. The van der Waals surface area contributed by atoms with Crippen LogP contribution in [-0.2, 0) is 13.0 Å². The number of nitrogens with zero attached hydrogens (tertiary/aromatic N) is 3. The second-order valence-corrected chi connectivity index (χ2v) is 5.44. The van der Waals surface area contributed by atoms with E-state index in [9.17, 15) is 0 Å².